The second-order valence-corrected chi connectivity index (χ2v) is 7.23. The van der Waals surface area contributed by atoms with E-state index in [9.17, 15) is 14.0 Å². The molecular formula is C22H25FN2O3. The number of piperidine rings is 1. The third kappa shape index (κ3) is 5.81. The smallest absolute Gasteiger partial charge is 0.310 e. The predicted octanol–water partition coefficient (Wildman–Crippen LogP) is 3.79. The van der Waals surface area contributed by atoms with Gasteiger partial charge in [-0.05, 0) is 60.7 Å². The van der Waals surface area contributed by atoms with Crippen molar-refractivity contribution in [3.05, 3.63) is 59.9 Å². The quantitative estimate of drug-likeness (QED) is 0.770. The molecule has 1 N–H and O–H groups in total. The summed E-state index contributed by atoms with van der Waals surface area (Å²) in [6, 6.07) is 13.3. The summed E-state index contributed by atoms with van der Waals surface area (Å²) in [7, 11) is 0. The number of nitrogens with one attached hydrogen (secondary N) is 1. The number of carbonyl (C=O) groups excluding carboxylic acids is 2. The van der Waals surface area contributed by atoms with Crippen molar-refractivity contribution in [2.75, 3.05) is 29.9 Å². The Morgan fingerprint density at radius 3 is 2.36 bits per heavy atom. The maximum Gasteiger partial charge on any atom is 0.310 e. The fraction of sp³-hybridized carbons (Fsp3) is 0.364. The van der Waals surface area contributed by atoms with E-state index in [2.05, 4.69) is 17.1 Å². The van der Waals surface area contributed by atoms with E-state index in [1.54, 1.807) is 0 Å². The van der Waals surface area contributed by atoms with E-state index in [1.165, 1.54) is 37.1 Å². The lowest BCUT2D eigenvalue weighted by molar-refractivity contribution is -0.146. The van der Waals surface area contributed by atoms with Crippen LogP contribution in [0.1, 0.15) is 25.3 Å². The Balaban J connectivity index is 1.43. The number of amides is 1. The zero-order chi connectivity index (χ0) is 19.9. The van der Waals surface area contributed by atoms with Gasteiger partial charge in [0.1, 0.15) is 5.82 Å². The summed E-state index contributed by atoms with van der Waals surface area (Å²) in [5.74, 6) is -0.513. The van der Waals surface area contributed by atoms with Crippen LogP contribution >= 0.6 is 0 Å². The molecule has 148 valence electrons. The van der Waals surface area contributed by atoms with Crippen LogP contribution in [0.4, 0.5) is 15.8 Å². The van der Waals surface area contributed by atoms with Gasteiger partial charge in [0.2, 0.25) is 0 Å². The van der Waals surface area contributed by atoms with Crippen molar-refractivity contribution in [3.8, 4) is 0 Å². The second kappa shape index (κ2) is 9.35. The minimum absolute atomic E-state index is 0.00327. The standard InChI is InChI=1S/C22H25FN2O3/c1-16-10-12-25(13-11-16)20-8-6-19(7-9-20)24-21(26)15-28-22(27)14-17-2-4-18(23)5-3-17/h2-9,16H,10-15H2,1H3,(H,24,26). The van der Waals surface area contributed by atoms with Crippen LogP contribution in [-0.4, -0.2) is 31.6 Å². The zero-order valence-electron chi connectivity index (χ0n) is 16.0. The van der Waals surface area contributed by atoms with E-state index in [0.29, 0.717) is 11.3 Å². The van der Waals surface area contributed by atoms with Crippen LogP contribution in [0.15, 0.2) is 48.5 Å². The minimum Gasteiger partial charge on any atom is -0.455 e. The molecule has 28 heavy (non-hydrogen) atoms. The maximum atomic E-state index is 12.9. The fourth-order valence-corrected chi connectivity index (χ4v) is 3.19. The van der Waals surface area contributed by atoms with E-state index in [4.69, 9.17) is 4.74 Å². The number of ether oxygens (including phenoxy) is 1. The first-order valence-electron chi connectivity index (χ1n) is 9.54. The Hall–Kier alpha value is -2.89. The molecule has 1 heterocycles. The van der Waals surface area contributed by atoms with Crippen LogP contribution in [0.3, 0.4) is 0 Å². The molecule has 0 spiro atoms. The fourth-order valence-electron chi connectivity index (χ4n) is 3.19. The molecule has 0 bridgehead atoms. The van der Waals surface area contributed by atoms with Gasteiger partial charge in [-0.15, -0.1) is 0 Å². The lowest BCUT2D eigenvalue weighted by Gasteiger charge is -2.32. The van der Waals surface area contributed by atoms with Gasteiger partial charge < -0.3 is 15.0 Å². The Labute approximate surface area is 164 Å². The molecule has 1 amide bonds. The average molecular weight is 384 g/mol. The Bertz CT molecular complexity index is 798. The van der Waals surface area contributed by atoms with E-state index < -0.39 is 11.9 Å². The van der Waals surface area contributed by atoms with Crippen LogP contribution in [0, 0.1) is 11.7 Å². The number of rotatable bonds is 6. The topological polar surface area (TPSA) is 58.6 Å². The summed E-state index contributed by atoms with van der Waals surface area (Å²) >= 11 is 0. The highest BCUT2D eigenvalue weighted by Crippen LogP contribution is 2.24. The van der Waals surface area contributed by atoms with Gasteiger partial charge in [-0.3, -0.25) is 9.59 Å². The first-order chi connectivity index (χ1) is 13.5. The summed E-state index contributed by atoms with van der Waals surface area (Å²) < 4.78 is 17.8. The summed E-state index contributed by atoms with van der Waals surface area (Å²) in [5.41, 5.74) is 2.44. The molecule has 1 fully saturated rings. The Kier molecular flexibility index (Phi) is 6.63. The molecule has 2 aromatic rings. The molecule has 1 saturated heterocycles. The van der Waals surface area contributed by atoms with Crippen molar-refractivity contribution in [2.24, 2.45) is 5.92 Å². The second-order valence-electron chi connectivity index (χ2n) is 7.23. The van der Waals surface area contributed by atoms with Crippen LogP contribution in [0.5, 0.6) is 0 Å². The van der Waals surface area contributed by atoms with Gasteiger partial charge in [0.15, 0.2) is 6.61 Å². The number of nitrogens with zero attached hydrogens (tertiary/aromatic N) is 1. The number of anilines is 2. The van der Waals surface area contributed by atoms with Crippen molar-refractivity contribution in [2.45, 2.75) is 26.2 Å². The highest BCUT2D eigenvalue weighted by molar-refractivity contribution is 5.93. The molecule has 2 aromatic carbocycles. The summed E-state index contributed by atoms with van der Waals surface area (Å²) in [6.07, 6.45) is 2.39. The predicted molar refractivity (Wildman–Crippen MR) is 107 cm³/mol. The molecule has 0 aliphatic carbocycles. The van der Waals surface area contributed by atoms with Crippen LogP contribution in [0.25, 0.3) is 0 Å². The molecule has 0 aromatic heterocycles. The molecule has 0 saturated carbocycles. The number of hydrogen-bond acceptors (Lipinski definition) is 4. The van der Waals surface area contributed by atoms with Crippen molar-refractivity contribution < 1.29 is 18.7 Å². The lowest BCUT2D eigenvalue weighted by Crippen LogP contribution is -2.32. The number of carbonyl (C=O) groups is 2. The van der Waals surface area contributed by atoms with Gasteiger partial charge in [0.25, 0.3) is 5.91 Å². The number of halogens is 1. The monoisotopic (exact) mass is 384 g/mol. The highest BCUT2D eigenvalue weighted by atomic mass is 19.1. The lowest BCUT2D eigenvalue weighted by atomic mass is 9.99. The average Bonchev–Trinajstić information content (AvgIpc) is 2.69. The third-order valence-corrected chi connectivity index (χ3v) is 4.93. The van der Waals surface area contributed by atoms with Crippen molar-refractivity contribution in [3.63, 3.8) is 0 Å². The first kappa shape index (κ1) is 19.9. The van der Waals surface area contributed by atoms with Crippen LogP contribution in [-0.2, 0) is 20.7 Å². The van der Waals surface area contributed by atoms with E-state index >= 15 is 0 Å². The molecule has 5 nitrogen and oxygen atoms in total. The Morgan fingerprint density at radius 1 is 1.07 bits per heavy atom. The summed E-state index contributed by atoms with van der Waals surface area (Å²) in [6.45, 7) is 4.03. The highest BCUT2D eigenvalue weighted by Gasteiger charge is 2.16. The van der Waals surface area contributed by atoms with E-state index in [1.807, 2.05) is 24.3 Å². The van der Waals surface area contributed by atoms with E-state index in [-0.39, 0.29) is 18.8 Å². The van der Waals surface area contributed by atoms with Crippen molar-refractivity contribution >= 4 is 23.3 Å². The SMILES string of the molecule is CC1CCN(c2ccc(NC(=O)COC(=O)Cc3ccc(F)cc3)cc2)CC1. The number of benzene rings is 2. The molecule has 0 radical (unpaired) electrons. The van der Waals surface area contributed by atoms with Gasteiger partial charge in [-0.2, -0.15) is 0 Å². The largest absolute Gasteiger partial charge is 0.455 e. The van der Waals surface area contributed by atoms with Gasteiger partial charge in [0, 0.05) is 24.5 Å². The molecular weight excluding hydrogens is 359 g/mol. The van der Waals surface area contributed by atoms with Crippen molar-refractivity contribution in [1.82, 2.24) is 0 Å². The van der Waals surface area contributed by atoms with Crippen LogP contribution < -0.4 is 10.2 Å². The van der Waals surface area contributed by atoms with Crippen molar-refractivity contribution in [1.29, 1.82) is 0 Å². The number of esters is 1. The molecule has 0 unspecified atom stereocenters. The molecule has 0 atom stereocenters. The van der Waals surface area contributed by atoms with Gasteiger partial charge in [-0.25, -0.2) is 4.39 Å². The summed E-state index contributed by atoms with van der Waals surface area (Å²) in [4.78, 5) is 26.1. The maximum absolute atomic E-state index is 12.9. The molecule has 3 rings (SSSR count). The first-order valence-corrected chi connectivity index (χ1v) is 9.54. The summed E-state index contributed by atoms with van der Waals surface area (Å²) in [5, 5.41) is 2.72. The normalized spacial score (nSPS) is 14.6. The molecule has 1 aliphatic heterocycles. The third-order valence-electron chi connectivity index (χ3n) is 4.93. The van der Waals surface area contributed by atoms with Gasteiger partial charge in [0.05, 0.1) is 6.42 Å². The molecule has 1 aliphatic rings. The number of hydrogen-bond donors (Lipinski definition) is 1. The van der Waals surface area contributed by atoms with Gasteiger partial charge in [-0.1, -0.05) is 19.1 Å². The zero-order valence-corrected chi connectivity index (χ0v) is 16.0. The Morgan fingerprint density at radius 2 is 1.71 bits per heavy atom. The molecule has 6 heteroatoms. The van der Waals surface area contributed by atoms with E-state index in [0.717, 1.165) is 24.7 Å². The minimum atomic E-state index is -0.531. The van der Waals surface area contributed by atoms with Crippen LogP contribution in [0.2, 0.25) is 0 Å². The van der Waals surface area contributed by atoms with Gasteiger partial charge >= 0.3 is 5.97 Å².